The van der Waals surface area contributed by atoms with Crippen molar-refractivity contribution < 1.29 is 19.7 Å². The summed E-state index contributed by atoms with van der Waals surface area (Å²) in [6.45, 7) is 3.91. The Morgan fingerprint density at radius 2 is 2.39 bits per heavy atom. The second-order valence-corrected chi connectivity index (χ2v) is 6.23. The molecule has 4 unspecified atom stereocenters. The lowest BCUT2D eigenvalue weighted by Gasteiger charge is -2.33. The number of fused-ring (bicyclic) bond motifs is 2. The first kappa shape index (κ1) is 16.1. The van der Waals surface area contributed by atoms with Gasteiger partial charge in [-0.05, 0) is 13.8 Å². The number of guanidine groups is 1. The molecule has 0 aromatic rings. The van der Waals surface area contributed by atoms with E-state index in [1.54, 1.807) is 6.92 Å². The van der Waals surface area contributed by atoms with Crippen molar-refractivity contribution in [1.82, 2.24) is 15.5 Å². The van der Waals surface area contributed by atoms with Crippen molar-refractivity contribution in [3.8, 4) is 0 Å². The average molecular weight is 326 g/mol. The molecule has 23 heavy (non-hydrogen) atoms. The van der Waals surface area contributed by atoms with Crippen molar-refractivity contribution >= 4 is 18.2 Å². The SMILES string of the molecule is CC(OCCN)C1(O)NC2=N[C@@H]3N=CNC3(C)CC(=O)N2C1O. The van der Waals surface area contributed by atoms with Crippen LogP contribution in [0.2, 0.25) is 0 Å². The highest BCUT2D eigenvalue weighted by molar-refractivity contribution is 6.01. The number of aliphatic imine (C=N–C) groups is 2. The summed E-state index contributed by atoms with van der Waals surface area (Å²) in [6, 6.07) is 0. The molecule has 1 saturated heterocycles. The molecule has 0 bridgehead atoms. The van der Waals surface area contributed by atoms with Crippen molar-refractivity contribution in [2.75, 3.05) is 13.2 Å². The fourth-order valence-corrected chi connectivity index (χ4v) is 2.98. The van der Waals surface area contributed by atoms with Crippen molar-refractivity contribution in [2.24, 2.45) is 15.7 Å². The van der Waals surface area contributed by atoms with Crippen LogP contribution in [0.3, 0.4) is 0 Å². The summed E-state index contributed by atoms with van der Waals surface area (Å²) in [5, 5.41) is 27.0. The predicted molar refractivity (Wildman–Crippen MR) is 81.3 cm³/mol. The summed E-state index contributed by atoms with van der Waals surface area (Å²) in [4.78, 5) is 22.2. The topological polar surface area (TPSA) is 145 Å². The summed E-state index contributed by atoms with van der Waals surface area (Å²) >= 11 is 0. The van der Waals surface area contributed by atoms with Crippen molar-refractivity contribution in [3.05, 3.63) is 0 Å². The zero-order valence-corrected chi connectivity index (χ0v) is 13.1. The average Bonchev–Trinajstić information content (AvgIpc) is 2.93. The van der Waals surface area contributed by atoms with E-state index in [9.17, 15) is 15.0 Å². The van der Waals surface area contributed by atoms with Gasteiger partial charge in [0.05, 0.1) is 24.9 Å². The fourth-order valence-electron chi connectivity index (χ4n) is 2.98. The number of ether oxygens (including phenoxy) is 1. The Morgan fingerprint density at radius 3 is 3.09 bits per heavy atom. The molecule has 10 nitrogen and oxygen atoms in total. The number of aliphatic hydroxyl groups excluding tert-OH is 1. The molecule has 0 radical (unpaired) electrons. The minimum absolute atomic E-state index is 0.0809. The van der Waals surface area contributed by atoms with Gasteiger partial charge in [-0.2, -0.15) is 0 Å². The summed E-state index contributed by atoms with van der Waals surface area (Å²) < 4.78 is 5.40. The van der Waals surface area contributed by atoms with Crippen LogP contribution in [0.1, 0.15) is 20.3 Å². The van der Waals surface area contributed by atoms with E-state index in [0.717, 1.165) is 4.90 Å². The highest BCUT2D eigenvalue weighted by atomic mass is 16.5. The van der Waals surface area contributed by atoms with Crippen LogP contribution in [0.15, 0.2) is 9.98 Å². The summed E-state index contributed by atoms with van der Waals surface area (Å²) in [5.74, 6) is -0.281. The standard InChI is InChI=1S/C13H22N6O4/c1-7(23-4-3-14)13(22)10(21)19-8(20)5-12(2)9(15-6-16-12)17-11(19)18-13/h6-7,9-10,21-22H,3-5,14H2,1-2H3,(H,15,16)(H,17,18)/t7?,9-,10?,12?,13?/m0/s1. The van der Waals surface area contributed by atoms with E-state index in [1.807, 2.05) is 6.92 Å². The number of amides is 1. The van der Waals surface area contributed by atoms with Gasteiger partial charge in [-0.3, -0.25) is 9.69 Å². The molecule has 1 fully saturated rings. The molecule has 0 spiro atoms. The summed E-state index contributed by atoms with van der Waals surface area (Å²) in [7, 11) is 0. The molecule has 5 atom stereocenters. The van der Waals surface area contributed by atoms with Gasteiger partial charge in [0.15, 0.2) is 12.4 Å². The van der Waals surface area contributed by atoms with Crippen molar-refractivity contribution in [2.45, 2.75) is 50.0 Å². The molecule has 0 saturated carbocycles. The largest absolute Gasteiger partial charge is 0.372 e. The van der Waals surface area contributed by atoms with E-state index >= 15 is 0 Å². The van der Waals surface area contributed by atoms with Gasteiger partial charge >= 0.3 is 0 Å². The normalized spacial score (nSPS) is 40.0. The highest BCUT2D eigenvalue weighted by Crippen LogP contribution is 2.33. The molecule has 1 amide bonds. The van der Waals surface area contributed by atoms with Gasteiger partial charge in [-0.25, -0.2) is 9.98 Å². The Labute approximate surface area is 133 Å². The molecule has 3 aliphatic heterocycles. The van der Waals surface area contributed by atoms with Crippen LogP contribution < -0.4 is 16.4 Å². The number of hydrogen-bond acceptors (Lipinski definition) is 9. The molecular weight excluding hydrogens is 304 g/mol. The molecule has 0 aromatic heterocycles. The molecule has 3 rings (SSSR count). The number of nitrogens with zero attached hydrogens (tertiary/aromatic N) is 3. The zero-order chi connectivity index (χ0) is 16.8. The zero-order valence-electron chi connectivity index (χ0n) is 13.1. The number of aliphatic hydroxyl groups is 2. The maximum Gasteiger partial charge on any atom is 0.234 e. The quantitative estimate of drug-likeness (QED) is 0.377. The Morgan fingerprint density at radius 1 is 1.65 bits per heavy atom. The molecule has 3 heterocycles. The first-order valence-electron chi connectivity index (χ1n) is 7.51. The van der Waals surface area contributed by atoms with E-state index in [-0.39, 0.29) is 31.4 Å². The van der Waals surface area contributed by atoms with E-state index < -0.39 is 29.8 Å². The molecule has 10 heteroatoms. The van der Waals surface area contributed by atoms with Gasteiger partial charge in [-0.15, -0.1) is 0 Å². The Kier molecular flexibility index (Phi) is 3.79. The third kappa shape index (κ3) is 2.38. The monoisotopic (exact) mass is 326 g/mol. The third-order valence-corrected chi connectivity index (χ3v) is 4.50. The van der Waals surface area contributed by atoms with Gasteiger partial charge in [0.25, 0.3) is 0 Å². The van der Waals surface area contributed by atoms with E-state index in [4.69, 9.17) is 10.5 Å². The Balaban J connectivity index is 1.91. The number of rotatable bonds is 4. The van der Waals surface area contributed by atoms with Crippen LogP contribution in [-0.2, 0) is 9.53 Å². The van der Waals surface area contributed by atoms with Gasteiger partial charge in [0.2, 0.25) is 17.6 Å². The number of nitrogens with two attached hydrogens (primary N) is 1. The number of nitrogens with one attached hydrogen (secondary N) is 2. The van der Waals surface area contributed by atoms with Crippen LogP contribution in [0.25, 0.3) is 0 Å². The lowest BCUT2D eigenvalue weighted by atomic mass is 9.95. The highest BCUT2D eigenvalue weighted by Gasteiger charge is 2.57. The number of carbonyl (C=O) groups is 1. The third-order valence-electron chi connectivity index (χ3n) is 4.50. The minimum Gasteiger partial charge on any atom is -0.372 e. The van der Waals surface area contributed by atoms with Crippen LogP contribution in [0.4, 0.5) is 0 Å². The van der Waals surface area contributed by atoms with Crippen LogP contribution in [0.5, 0.6) is 0 Å². The van der Waals surface area contributed by atoms with Crippen LogP contribution in [0, 0.1) is 0 Å². The first-order valence-corrected chi connectivity index (χ1v) is 7.51. The maximum atomic E-state index is 12.6. The van der Waals surface area contributed by atoms with Crippen LogP contribution >= 0.6 is 0 Å². The lowest BCUT2D eigenvalue weighted by molar-refractivity contribution is -0.184. The van der Waals surface area contributed by atoms with Crippen LogP contribution in [-0.4, -0.2) is 76.2 Å². The summed E-state index contributed by atoms with van der Waals surface area (Å²) in [6.07, 6.45) is -1.25. The lowest BCUT2D eigenvalue weighted by Crippen LogP contribution is -2.59. The van der Waals surface area contributed by atoms with Crippen molar-refractivity contribution in [3.63, 3.8) is 0 Å². The first-order chi connectivity index (χ1) is 10.8. The molecular formula is C13H22N6O4. The second kappa shape index (κ2) is 5.41. The second-order valence-electron chi connectivity index (χ2n) is 6.23. The summed E-state index contributed by atoms with van der Waals surface area (Å²) in [5.41, 5.74) is 2.87. The van der Waals surface area contributed by atoms with Gasteiger partial charge in [-0.1, -0.05) is 0 Å². The van der Waals surface area contributed by atoms with Gasteiger partial charge in [0, 0.05) is 6.54 Å². The fraction of sp³-hybridized carbons (Fsp3) is 0.769. The van der Waals surface area contributed by atoms with E-state index in [2.05, 4.69) is 20.6 Å². The number of carbonyl (C=O) groups excluding carboxylic acids is 1. The molecule has 0 aliphatic carbocycles. The molecule has 0 aromatic carbocycles. The van der Waals surface area contributed by atoms with E-state index in [0.29, 0.717) is 0 Å². The smallest absolute Gasteiger partial charge is 0.234 e. The maximum absolute atomic E-state index is 12.6. The Hall–Kier alpha value is -1.75. The molecule has 6 N–H and O–H groups in total. The van der Waals surface area contributed by atoms with E-state index in [1.165, 1.54) is 6.34 Å². The van der Waals surface area contributed by atoms with Crippen molar-refractivity contribution in [1.29, 1.82) is 0 Å². The predicted octanol–water partition coefficient (Wildman–Crippen LogP) is -2.73. The Bertz CT molecular complexity index is 569. The molecule has 128 valence electrons. The number of hydrogen-bond donors (Lipinski definition) is 5. The molecule has 3 aliphatic rings. The van der Waals surface area contributed by atoms with Gasteiger partial charge in [0.1, 0.15) is 6.10 Å². The minimum atomic E-state index is -1.87. The van der Waals surface area contributed by atoms with Gasteiger partial charge < -0.3 is 31.3 Å².